The molecule has 2 aliphatic rings. The van der Waals surface area contributed by atoms with E-state index in [1.54, 1.807) is 0 Å². The fraction of sp³-hybridized carbons (Fsp3) is 0.938. The summed E-state index contributed by atoms with van der Waals surface area (Å²) in [6, 6.07) is 0.528. The summed E-state index contributed by atoms with van der Waals surface area (Å²) in [4.78, 5) is 14.9. The van der Waals surface area contributed by atoms with Crippen molar-refractivity contribution in [1.82, 2.24) is 10.2 Å². The second-order valence-electron chi connectivity index (χ2n) is 6.43. The molecule has 0 aromatic carbocycles. The Bertz CT molecular complexity index is 320. The van der Waals surface area contributed by atoms with Gasteiger partial charge >= 0.3 is 5.97 Å². The van der Waals surface area contributed by atoms with Gasteiger partial charge in [-0.15, -0.1) is 0 Å². The van der Waals surface area contributed by atoms with Gasteiger partial charge in [0, 0.05) is 12.6 Å². The van der Waals surface area contributed by atoms with Crippen molar-refractivity contribution in [3.8, 4) is 0 Å². The van der Waals surface area contributed by atoms with Gasteiger partial charge in [0.1, 0.15) is 5.54 Å². The zero-order chi connectivity index (χ0) is 14.6. The molecule has 0 bridgehead atoms. The zero-order valence-electron chi connectivity index (χ0n) is 13.3. The molecule has 0 aliphatic heterocycles. The Morgan fingerprint density at radius 2 is 1.80 bits per heavy atom. The molecule has 1 atom stereocenters. The van der Waals surface area contributed by atoms with Gasteiger partial charge in [-0.2, -0.15) is 0 Å². The number of nitrogens with one attached hydrogen (secondary N) is 1. The third kappa shape index (κ3) is 3.73. The normalized spacial score (nSPS) is 21.8. The Kier molecular flexibility index (Phi) is 5.44. The molecule has 0 aromatic heterocycles. The van der Waals surface area contributed by atoms with Crippen LogP contribution in [0.1, 0.15) is 52.4 Å². The lowest BCUT2D eigenvalue weighted by molar-refractivity contribution is -0.151. The van der Waals surface area contributed by atoms with E-state index in [1.165, 1.54) is 20.0 Å². The molecule has 1 unspecified atom stereocenters. The number of rotatable bonds is 10. The molecular weight excluding hydrogens is 252 g/mol. The second kappa shape index (κ2) is 6.90. The minimum Gasteiger partial charge on any atom is -0.468 e. The van der Waals surface area contributed by atoms with E-state index in [9.17, 15) is 4.79 Å². The lowest BCUT2D eigenvalue weighted by atomic mass is 9.91. The molecule has 0 aromatic rings. The summed E-state index contributed by atoms with van der Waals surface area (Å²) < 4.78 is 5.17. The van der Waals surface area contributed by atoms with Crippen molar-refractivity contribution in [3.05, 3.63) is 0 Å². The van der Waals surface area contributed by atoms with Crippen LogP contribution in [0, 0.1) is 5.92 Å². The first-order valence-corrected chi connectivity index (χ1v) is 8.24. The highest BCUT2D eigenvalue weighted by atomic mass is 16.5. The van der Waals surface area contributed by atoms with Gasteiger partial charge in [-0.25, -0.2) is 4.79 Å². The number of hydrogen-bond donors (Lipinski definition) is 1. The van der Waals surface area contributed by atoms with Crippen LogP contribution < -0.4 is 5.32 Å². The number of hydrogen-bond acceptors (Lipinski definition) is 4. The highest BCUT2D eigenvalue weighted by Gasteiger charge is 2.54. The Morgan fingerprint density at radius 3 is 2.20 bits per heavy atom. The average Bonchev–Trinajstić information content (AvgIpc) is 3.28. The first-order chi connectivity index (χ1) is 9.66. The maximum atomic E-state index is 12.5. The molecule has 0 spiro atoms. The van der Waals surface area contributed by atoms with Gasteiger partial charge < -0.3 is 9.64 Å². The molecule has 2 fully saturated rings. The molecule has 4 heteroatoms. The van der Waals surface area contributed by atoms with E-state index < -0.39 is 5.54 Å². The van der Waals surface area contributed by atoms with Crippen molar-refractivity contribution in [3.63, 3.8) is 0 Å². The van der Waals surface area contributed by atoms with Crippen molar-refractivity contribution in [2.75, 3.05) is 26.7 Å². The molecule has 0 amide bonds. The summed E-state index contributed by atoms with van der Waals surface area (Å²) >= 11 is 0. The van der Waals surface area contributed by atoms with Gasteiger partial charge in [-0.05, 0) is 57.5 Å². The van der Waals surface area contributed by atoms with Gasteiger partial charge in [0.25, 0.3) is 0 Å². The van der Waals surface area contributed by atoms with E-state index in [-0.39, 0.29) is 5.97 Å². The number of nitrogens with zero attached hydrogens (tertiary/aromatic N) is 1. The van der Waals surface area contributed by atoms with Crippen LogP contribution in [0.15, 0.2) is 0 Å². The topological polar surface area (TPSA) is 41.6 Å². The van der Waals surface area contributed by atoms with Gasteiger partial charge in [0.2, 0.25) is 0 Å². The molecule has 0 radical (unpaired) electrons. The Morgan fingerprint density at radius 1 is 1.20 bits per heavy atom. The first-order valence-electron chi connectivity index (χ1n) is 8.24. The fourth-order valence-electron chi connectivity index (χ4n) is 3.19. The molecular formula is C16H30N2O2. The van der Waals surface area contributed by atoms with Gasteiger partial charge in [0.15, 0.2) is 0 Å². The maximum Gasteiger partial charge on any atom is 0.327 e. The molecule has 0 saturated heterocycles. The summed E-state index contributed by atoms with van der Waals surface area (Å²) in [5.74, 6) is 0.413. The summed E-state index contributed by atoms with van der Waals surface area (Å²) in [5.41, 5.74) is -0.458. The highest BCUT2D eigenvalue weighted by molar-refractivity contribution is 5.82. The Labute approximate surface area is 123 Å². The largest absolute Gasteiger partial charge is 0.468 e. The van der Waals surface area contributed by atoms with E-state index in [2.05, 4.69) is 24.1 Å². The number of carbonyl (C=O) groups is 1. The number of carbonyl (C=O) groups excluding carboxylic acids is 1. The standard InChI is InChI=1S/C16H30N2O2/c1-4-10-18(11-5-2)12-16(13-6-7-13,15(19)20-3)17-14-8-9-14/h13-14,17H,4-12H2,1-3H3. The minimum atomic E-state index is -0.458. The highest BCUT2D eigenvalue weighted by Crippen LogP contribution is 2.42. The molecule has 20 heavy (non-hydrogen) atoms. The van der Waals surface area contributed by atoms with Crippen LogP contribution in [-0.4, -0.2) is 49.2 Å². The predicted molar refractivity (Wildman–Crippen MR) is 80.7 cm³/mol. The molecule has 116 valence electrons. The second-order valence-corrected chi connectivity index (χ2v) is 6.43. The van der Waals surface area contributed by atoms with Gasteiger partial charge in [0.05, 0.1) is 7.11 Å². The summed E-state index contributed by atoms with van der Waals surface area (Å²) in [6.45, 7) is 7.33. The van der Waals surface area contributed by atoms with Crippen LogP contribution in [0.5, 0.6) is 0 Å². The van der Waals surface area contributed by atoms with Crippen molar-refractivity contribution < 1.29 is 9.53 Å². The molecule has 4 nitrogen and oxygen atoms in total. The average molecular weight is 282 g/mol. The molecule has 1 N–H and O–H groups in total. The number of methoxy groups -OCH3 is 1. The van der Waals surface area contributed by atoms with Crippen molar-refractivity contribution in [2.24, 2.45) is 5.92 Å². The summed E-state index contributed by atoms with van der Waals surface area (Å²) in [5, 5.41) is 3.65. The number of esters is 1. The Balaban J connectivity index is 2.11. The van der Waals surface area contributed by atoms with E-state index in [1.807, 2.05) is 0 Å². The smallest absolute Gasteiger partial charge is 0.327 e. The molecule has 0 heterocycles. The van der Waals surface area contributed by atoms with Crippen molar-refractivity contribution in [1.29, 1.82) is 0 Å². The Hall–Kier alpha value is -0.610. The predicted octanol–water partition coefficient (Wildman–Crippen LogP) is 2.18. The summed E-state index contributed by atoms with van der Waals surface area (Å²) in [7, 11) is 1.53. The molecule has 2 saturated carbocycles. The van der Waals surface area contributed by atoms with E-state index >= 15 is 0 Å². The fourth-order valence-corrected chi connectivity index (χ4v) is 3.19. The first kappa shape index (κ1) is 15.8. The summed E-state index contributed by atoms with van der Waals surface area (Å²) in [6.07, 6.45) is 6.97. The van der Waals surface area contributed by atoms with Crippen LogP contribution in [0.25, 0.3) is 0 Å². The van der Waals surface area contributed by atoms with Crippen molar-refractivity contribution in [2.45, 2.75) is 64.0 Å². The van der Waals surface area contributed by atoms with Crippen LogP contribution in [-0.2, 0) is 9.53 Å². The SMILES string of the molecule is CCCN(CCC)CC(NC1CC1)(C(=O)OC)C1CC1. The minimum absolute atomic E-state index is 0.0518. The van der Waals surface area contributed by atoms with Crippen molar-refractivity contribution >= 4 is 5.97 Å². The monoisotopic (exact) mass is 282 g/mol. The van der Waals surface area contributed by atoms with E-state index in [0.29, 0.717) is 12.0 Å². The maximum absolute atomic E-state index is 12.5. The lowest BCUT2D eigenvalue weighted by Crippen LogP contribution is -2.62. The molecule has 2 rings (SSSR count). The third-order valence-electron chi connectivity index (χ3n) is 4.42. The zero-order valence-corrected chi connectivity index (χ0v) is 13.3. The van der Waals surface area contributed by atoms with E-state index in [0.717, 1.165) is 45.3 Å². The van der Waals surface area contributed by atoms with Crippen LogP contribution in [0.4, 0.5) is 0 Å². The van der Waals surface area contributed by atoms with E-state index in [4.69, 9.17) is 4.74 Å². The quantitative estimate of drug-likeness (QED) is 0.624. The van der Waals surface area contributed by atoms with Gasteiger partial charge in [-0.1, -0.05) is 13.8 Å². The molecule has 2 aliphatic carbocycles. The lowest BCUT2D eigenvalue weighted by Gasteiger charge is -2.37. The van der Waals surface area contributed by atoms with Crippen LogP contribution in [0.3, 0.4) is 0 Å². The van der Waals surface area contributed by atoms with Crippen LogP contribution in [0.2, 0.25) is 0 Å². The van der Waals surface area contributed by atoms with Gasteiger partial charge in [-0.3, -0.25) is 5.32 Å². The third-order valence-corrected chi connectivity index (χ3v) is 4.42. The van der Waals surface area contributed by atoms with Crippen LogP contribution >= 0.6 is 0 Å². The number of ether oxygens (including phenoxy) is 1.